The van der Waals surface area contributed by atoms with Gasteiger partial charge < -0.3 is 5.32 Å². The van der Waals surface area contributed by atoms with Crippen molar-refractivity contribution in [3.63, 3.8) is 0 Å². The Morgan fingerprint density at radius 2 is 1.74 bits per heavy atom. The van der Waals surface area contributed by atoms with Gasteiger partial charge in [-0.1, -0.05) is 25.1 Å². The van der Waals surface area contributed by atoms with E-state index in [0.29, 0.717) is 12.8 Å². The summed E-state index contributed by atoms with van der Waals surface area (Å²) in [4.78, 5) is 26.4. The second-order valence-electron chi connectivity index (χ2n) is 6.38. The highest BCUT2D eigenvalue weighted by molar-refractivity contribution is 6.09. The highest BCUT2D eigenvalue weighted by Gasteiger charge is 2.33. The molecule has 2 aliphatic rings. The fourth-order valence-corrected chi connectivity index (χ4v) is 3.53. The second-order valence-corrected chi connectivity index (χ2v) is 6.38. The summed E-state index contributed by atoms with van der Waals surface area (Å²) in [6.07, 6.45) is 1.09. The molecule has 4 rings (SSSR count). The zero-order valence-electron chi connectivity index (χ0n) is 13.2. The minimum absolute atomic E-state index is 0.0404. The van der Waals surface area contributed by atoms with E-state index in [9.17, 15) is 9.59 Å². The van der Waals surface area contributed by atoms with Gasteiger partial charge in [0.2, 0.25) is 11.8 Å². The van der Waals surface area contributed by atoms with E-state index < -0.39 is 0 Å². The summed E-state index contributed by atoms with van der Waals surface area (Å²) in [5.74, 6) is 0.0456. The summed E-state index contributed by atoms with van der Waals surface area (Å²) in [6.45, 7) is 3.96. The summed E-state index contributed by atoms with van der Waals surface area (Å²) >= 11 is 0. The molecule has 116 valence electrons. The third kappa shape index (κ3) is 2.05. The van der Waals surface area contributed by atoms with Crippen LogP contribution in [0.3, 0.4) is 0 Å². The molecule has 4 nitrogen and oxygen atoms in total. The van der Waals surface area contributed by atoms with Crippen LogP contribution in [0.2, 0.25) is 0 Å². The van der Waals surface area contributed by atoms with Crippen LogP contribution >= 0.6 is 0 Å². The van der Waals surface area contributed by atoms with E-state index in [1.165, 1.54) is 0 Å². The van der Waals surface area contributed by atoms with E-state index in [-0.39, 0.29) is 17.7 Å². The Labute approximate surface area is 135 Å². The van der Waals surface area contributed by atoms with Crippen molar-refractivity contribution in [3.8, 4) is 0 Å². The molecule has 2 amide bonds. The lowest BCUT2D eigenvalue weighted by Crippen LogP contribution is -2.30. The number of fused-ring (bicyclic) bond motifs is 2. The molecule has 0 aromatic heterocycles. The van der Waals surface area contributed by atoms with Crippen molar-refractivity contribution < 1.29 is 9.59 Å². The number of carbonyl (C=O) groups excluding carboxylic acids is 2. The standard InChI is InChI=1S/C19H18N2O2/c1-11-5-3-7-16-13(11)10-18(22)21(16)17-8-4-6-15-14(17)9-12(2)19(23)20-15/h3-8,12H,9-10H2,1-2H3,(H,20,23). The van der Waals surface area contributed by atoms with Crippen molar-refractivity contribution in [2.24, 2.45) is 5.92 Å². The van der Waals surface area contributed by atoms with Crippen LogP contribution in [-0.2, 0) is 22.4 Å². The maximum Gasteiger partial charge on any atom is 0.236 e. The molecule has 1 atom stereocenters. The Morgan fingerprint density at radius 1 is 1.04 bits per heavy atom. The minimum Gasteiger partial charge on any atom is -0.326 e. The normalized spacial score (nSPS) is 19.4. The molecule has 0 saturated carbocycles. The van der Waals surface area contributed by atoms with E-state index in [1.54, 1.807) is 0 Å². The third-order valence-electron chi connectivity index (χ3n) is 4.81. The average molecular weight is 306 g/mol. The van der Waals surface area contributed by atoms with Gasteiger partial charge in [0.05, 0.1) is 17.8 Å². The number of benzene rings is 2. The topological polar surface area (TPSA) is 49.4 Å². The quantitative estimate of drug-likeness (QED) is 0.878. The SMILES string of the molecule is Cc1cccc2c1CC(=O)N2c1cccc2c1CC(C)C(=O)N2. The molecule has 1 unspecified atom stereocenters. The van der Waals surface area contributed by atoms with Gasteiger partial charge >= 0.3 is 0 Å². The molecule has 2 aliphatic heterocycles. The zero-order valence-corrected chi connectivity index (χ0v) is 13.2. The van der Waals surface area contributed by atoms with Gasteiger partial charge in [0.1, 0.15) is 0 Å². The van der Waals surface area contributed by atoms with Crippen LogP contribution in [-0.4, -0.2) is 11.8 Å². The molecule has 2 heterocycles. The first kappa shape index (κ1) is 14.0. The van der Waals surface area contributed by atoms with Gasteiger partial charge in [0.15, 0.2) is 0 Å². The Balaban J connectivity index is 1.88. The number of carbonyl (C=O) groups is 2. The van der Waals surface area contributed by atoms with E-state index in [1.807, 2.05) is 55.1 Å². The van der Waals surface area contributed by atoms with E-state index in [4.69, 9.17) is 0 Å². The molecule has 2 aromatic carbocycles. The fraction of sp³-hybridized carbons (Fsp3) is 0.263. The van der Waals surface area contributed by atoms with Crippen molar-refractivity contribution in [3.05, 3.63) is 53.1 Å². The maximum atomic E-state index is 12.7. The molecule has 23 heavy (non-hydrogen) atoms. The number of hydrogen-bond acceptors (Lipinski definition) is 2. The smallest absolute Gasteiger partial charge is 0.236 e. The molecule has 0 saturated heterocycles. The molecular formula is C19H18N2O2. The summed E-state index contributed by atoms with van der Waals surface area (Å²) < 4.78 is 0. The minimum atomic E-state index is -0.0849. The lowest BCUT2D eigenvalue weighted by Gasteiger charge is -2.28. The summed E-state index contributed by atoms with van der Waals surface area (Å²) in [7, 11) is 0. The lowest BCUT2D eigenvalue weighted by atomic mass is 9.93. The fourth-order valence-electron chi connectivity index (χ4n) is 3.53. The van der Waals surface area contributed by atoms with Crippen molar-refractivity contribution in [1.29, 1.82) is 0 Å². The lowest BCUT2D eigenvalue weighted by molar-refractivity contribution is -0.119. The van der Waals surface area contributed by atoms with Crippen LogP contribution in [0.25, 0.3) is 0 Å². The molecule has 1 N–H and O–H groups in total. The molecule has 0 radical (unpaired) electrons. The summed E-state index contributed by atoms with van der Waals surface area (Å²) in [5.41, 5.74) is 5.96. The van der Waals surface area contributed by atoms with Crippen molar-refractivity contribution in [2.45, 2.75) is 26.7 Å². The number of rotatable bonds is 1. The van der Waals surface area contributed by atoms with E-state index in [0.717, 1.165) is 33.8 Å². The van der Waals surface area contributed by atoms with Crippen LogP contribution in [0, 0.1) is 12.8 Å². The van der Waals surface area contributed by atoms with E-state index >= 15 is 0 Å². The highest BCUT2D eigenvalue weighted by Crippen LogP contribution is 2.42. The van der Waals surface area contributed by atoms with Gasteiger partial charge in [-0.2, -0.15) is 0 Å². The van der Waals surface area contributed by atoms with Crippen LogP contribution < -0.4 is 10.2 Å². The van der Waals surface area contributed by atoms with Gasteiger partial charge in [-0.05, 0) is 42.7 Å². The first-order chi connectivity index (χ1) is 11.1. The second kappa shape index (κ2) is 4.95. The monoisotopic (exact) mass is 306 g/mol. The molecule has 0 aliphatic carbocycles. The predicted molar refractivity (Wildman–Crippen MR) is 90.0 cm³/mol. The first-order valence-electron chi connectivity index (χ1n) is 7.90. The molecule has 2 aromatic rings. The van der Waals surface area contributed by atoms with Gasteiger partial charge in [-0.15, -0.1) is 0 Å². The van der Waals surface area contributed by atoms with Crippen LogP contribution in [0.1, 0.15) is 23.6 Å². The Morgan fingerprint density at radius 3 is 2.52 bits per heavy atom. The number of nitrogens with one attached hydrogen (secondary N) is 1. The van der Waals surface area contributed by atoms with Crippen LogP contribution in [0.4, 0.5) is 17.1 Å². The van der Waals surface area contributed by atoms with Gasteiger partial charge in [-0.3, -0.25) is 14.5 Å². The largest absolute Gasteiger partial charge is 0.326 e. The molecule has 0 fully saturated rings. The number of amides is 2. The number of hydrogen-bond donors (Lipinski definition) is 1. The summed E-state index contributed by atoms with van der Waals surface area (Å²) in [5, 5.41) is 2.95. The zero-order chi connectivity index (χ0) is 16.1. The Kier molecular flexibility index (Phi) is 3.01. The van der Waals surface area contributed by atoms with Crippen molar-refractivity contribution >= 4 is 28.9 Å². The number of aryl methyl sites for hydroxylation is 1. The maximum absolute atomic E-state index is 12.7. The Hall–Kier alpha value is -2.62. The number of nitrogens with zero attached hydrogens (tertiary/aromatic N) is 1. The Bertz CT molecular complexity index is 841. The van der Waals surface area contributed by atoms with Crippen molar-refractivity contribution in [1.82, 2.24) is 0 Å². The van der Waals surface area contributed by atoms with E-state index in [2.05, 4.69) is 5.32 Å². The number of anilines is 3. The molecule has 4 heteroatoms. The predicted octanol–water partition coefficient (Wildman–Crippen LogP) is 3.35. The average Bonchev–Trinajstić information content (AvgIpc) is 2.86. The highest BCUT2D eigenvalue weighted by atomic mass is 16.2. The molecule has 0 spiro atoms. The van der Waals surface area contributed by atoms with Crippen LogP contribution in [0.15, 0.2) is 36.4 Å². The first-order valence-corrected chi connectivity index (χ1v) is 7.90. The van der Waals surface area contributed by atoms with Gasteiger partial charge in [0, 0.05) is 17.2 Å². The van der Waals surface area contributed by atoms with Crippen LogP contribution in [0.5, 0.6) is 0 Å². The van der Waals surface area contributed by atoms with Crippen molar-refractivity contribution in [2.75, 3.05) is 10.2 Å². The molecule has 0 bridgehead atoms. The molecular weight excluding hydrogens is 288 g/mol. The summed E-state index contributed by atoms with van der Waals surface area (Å²) in [6, 6.07) is 11.8. The van der Waals surface area contributed by atoms with Gasteiger partial charge in [-0.25, -0.2) is 0 Å². The van der Waals surface area contributed by atoms with Gasteiger partial charge in [0.25, 0.3) is 0 Å². The third-order valence-corrected chi connectivity index (χ3v) is 4.81.